The number of ether oxygens (including phenoxy) is 1. The molecule has 1 N–H and O–H groups in total. The van der Waals surface area contributed by atoms with E-state index in [1.807, 2.05) is 36.4 Å². The van der Waals surface area contributed by atoms with Crippen molar-refractivity contribution in [3.05, 3.63) is 42.0 Å². The Morgan fingerprint density at radius 3 is 2.94 bits per heavy atom. The van der Waals surface area contributed by atoms with Gasteiger partial charge in [-0.3, -0.25) is 0 Å². The fourth-order valence-electron chi connectivity index (χ4n) is 1.76. The monoisotopic (exact) mass is 215 g/mol. The Bertz CT molecular complexity index is 520. The van der Waals surface area contributed by atoms with Crippen molar-refractivity contribution in [1.82, 2.24) is 0 Å². The molecular formula is C13H13NO2. The first-order chi connectivity index (χ1) is 7.85. The fraction of sp³-hybridized carbons (Fsp3) is 0.154. The van der Waals surface area contributed by atoms with E-state index in [0.29, 0.717) is 6.42 Å². The van der Waals surface area contributed by atoms with E-state index in [9.17, 15) is 0 Å². The number of nitrogens with zero attached hydrogens (tertiary/aromatic N) is 1. The molecule has 3 nitrogen and oxygen atoms in total. The van der Waals surface area contributed by atoms with Gasteiger partial charge in [0.05, 0.1) is 7.11 Å². The minimum atomic E-state index is 0.612. The highest BCUT2D eigenvalue weighted by atomic mass is 16.5. The minimum Gasteiger partial charge on any atom is -0.497 e. The van der Waals surface area contributed by atoms with Crippen LogP contribution in [-0.4, -0.2) is 18.5 Å². The second-order valence-corrected chi connectivity index (χ2v) is 3.51. The summed E-state index contributed by atoms with van der Waals surface area (Å²) in [5, 5.41) is 13.8. The third kappa shape index (κ3) is 1.98. The standard InChI is InChI=1S/C13H13NO2/c1-16-12-6-5-10-3-2-4-11(7-8-14-15)13(10)9-12/h2-6,8-9,15H,7H2,1H3. The summed E-state index contributed by atoms with van der Waals surface area (Å²) in [6.07, 6.45) is 2.09. The van der Waals surface area contributed by atoms with Gasteiger partial charge in [0.2, 0.25) is 0 Å². The Morgan fingerprint density at radius 1 is 1.31 bits per heavy atom. The maximum Gasteiger partial charge on any atom is 0.119 e. The summed E-state index contributed by atoms with van der Waals surface area (Å²) in [5.74, 6) is 0.834. The van der Waals surface area contributed by atoms with E-state index in [4.69, 9.17) is 9.94 Å². The number of rotatable bonds is 3. The van der Waals surface area contributed by atoms with Gasteiger partial charge in [0, 0.05) is 12.6 Å². The van der Waals surface area contributed by atoms with Gasteiger partial charge in [0.1, 0.15) is 5.75 Å². The summed E-state index contributed by atoms with van der Waals surface area (Å²) >= 11 is 0. The minimum absolute atomic E-state index is 0.612. The van der Waals surface area contributed by atoms with E-state index in [1.54, 1.807) is 7.11 Å². The van der Waals surface area contributed by atoms with Crippen molar-refractivity contribution in [2.75, 3.05) is 7.11 Å². The molecule has 2 aromatic rings. The molecule has 0 heterocycles. The molecule has 0 radical (unpaired) electrons. The van der Waals surface area contributed by atoms with Crippen molar-refractivity contribution in [2.24, 2.45) is 5.16 Å². The zero-order valence-electron chi connectivity index (χ0n) is 9.05. The quantitative estimate of drug-likeness (QED) is 0.486. The van der Waals surface area contributed by atoms with E-state index in [0.717, 1.165) is 22.1 Å². The predicted molar refractivity (Wildman–Crippen MR) is 64.5 cm³/mol. The number of methoxy groups -OCH3 is 1. The largest absolute Gasteiger partial charge is 0.497 e. The smallest absolute Gasteiger partial charge is 0.119 e. The maximum atomic E-state index is 8.45. The molecular weight excluding hydrogens is 202 g/mol. The van der Waals surface area contributed by atoms with Gasteiger partial charge in [0.25, 0.3) is 0 Å². The number of hydrogen-bond acceptors (Lipinski definition) is 3. The topological polar surface area (TPSA) is 41.8 Å². The van der Waals surface area contributed by atoms with E-state index in [1.165, 1.54) is 6.21 Å². The van der Waals surface area contributed by atoms with Crippen LogP contribution < -0.4 is 4.74 Å². The van der Waals surface area contributed by atoms with Crippen molar-refractivity contribution >= 4 is 17.0 Å². The highest BCUT2D eigenvalue weighted by Crippen LogP contribution is 2.24. The molecule has 0 fully saturated rings. The van der Waals surface area contributed by atoms with Crippen LogP contribution in [0.2, 0.25) is 0 Å². The zero-order valence-corrected chi connectivity index (χ0v) is 9.05. The van der Waals surface area contributed by atoms with Gasteiger partial charge in [-0.05, 0) is 28.5 Å². The first kappa shape index (κ1) is 10.5. The van der Waals surface area contributed by atoms with Crippen LogP contribution in [0.1, 0.15) is 5.56 Å². The highest BCUT2D eigenvalue weighted by Gasteiger charge is 2.01. The number of oxime groups is 1. The van der Waals surface area contributed by atoms with Gasteiger partial charge in [0.15, 0.2) is 0 Å². The van der Waals surface area contributed by atoms with Gasteiger partial charge >= 0.3 is 0 Å². The molecule has 2 aromatic carbocycles. The second kappa shape index (κ2) is 4.66. The van der Waals surface area contributed by atoms with Crippen LogP contribution in [0, 0.1) is 0 Å². The van der Waals surface area contributed by atoms with Crippen LogP contribution in [0.25, 0.3) is 10.8 Å². The lowest BCUT2D eigenvalue weighted by molar-refractivity contribution is 0.321. The average Bonchev–Trinajstić information content (AvgIpc) is 2.35. The lowest BCUT2D eigenvalue weighted by Gasteiger charge is -2.06. The Kier molecular flexibility index (Phi) is 3.05. The lowest BCUT2D eigenvalue weighted by atomic mass is 10.0. The van der Waals surface area contributed by atoms with Crippen LogP contribution in [0.4, 0.5) is 0 Å². The molecule has 0 bridgehead atoms. The van der Waals surface area contributed by atoms with E-state index < -0.39 is 0 Å². The third-order valence-electron chi connectivity index (χ3n) is 2.57. The summed E-state index contributed by atoms with van der Waals surface area (Å²) in [5.41, 5.74) is 1.12. The molecule has 0 aliphatic rings. The summed E-state index contributed by atoms with van der Waals surface area (Å²) < 4.78 is 5.20. The Balaban J connectivity index is 2.54. The molecule has 0 spiro atoms. The van der Waals surface area contributed by atoms with Crippen LogP contribution >= 0.6 is 0 Å². The molecule has 0 atom stereocenters. The molecule has 16 heavy (non-hydrogen) atoms. The maximum absolute atomic E-state index is 8.45. The van der Waals surface area contributed by atoms with E-state index in [-0.39, 0.29) is 0 Å². The van der Waals surface area contributed by atoms with Crippen molar-refractivity contribution in [2.45, 2.75) is 6.42 Å². The molecule has 0 aliphatic carbocycles. The average molecular weight is 215 g/mol. The van der Waals surface area contributed by atoms with Crippen molar-refractivity contribution in [3.63, 3.8) is 0 Å². The Morgan fingerprint density at radius 2 is 2.19 bits per heavy atom. The number of benzene rings is 2. The van der Waals surface area contributed by atoms with Crippen molar-refractivity contribution in [1.29, 1.82) is 0 Å². The zero-order chi connectivity index (χ0) is 11.4. The SMILES string of the molecule is COc1ccc2cccc(CC=NO)c2c1. The summed E-state index contributed by atoms with van der Waals surface area (Å²) in [6, 6.07) is 12.0. The Hall–Kier alpha value is -2.03. The molecule has 0 unspecified atom stereocenters. The van der Waals surface area contributed by atoms with Gasteiger partial charge in [-0.25, -0.2) is 0 Å². The lowest BCUT2D eigenvalue weighted by Crippen LogP contribution is -1.89. The van der Waals surface area contributed by atoms with E-state index in [2.05, 4.69) is 5.16 Å². The van der Waals surface area contributed by atoms with Gasteiger partial charge in [-0.2, -0.15) is 0 Å². The second-order valence-electron chi connectivity index (χ2n) is 3.51. The van der Waals surface area contributed by atoms with E-state index >= 15 is 0 Å². The summed E-state index contributed by atoms with van der Waals surface area (Å²) in [7, 11) is 1.65. The molecule has 3 heteroatoms. The van der Waals surface area contributed by atoms with Crippen LogP contribution in [0.15, 0.2) is 41.6 Å². The Labute approximate surface area is 94.0 Å². The van der Waals surface area contributed by atoms with Crippen LogP contribution in [0.3, 0.4) is 0 Å². The molecule has 0 amide bonds. The van der Waals surface area contributed by atoms with Crippen LogP contribution in [0.5, 0.6) is 5.75 Å². The van der Waals surface area contributed by atoms with Crippen molar-refractivity contribution in [3.8, 4) is 5.75 Å². The molecule has 2 rings (SSSR count). The molecule has 0 saturated carbocycles. The van der Waals surface area contributed by atoms with Gasteiger partial charge in [-0.1, -0.05) is 24.3 Å². The molecule has 0 aromatic heterocycles. The molecule has 82 valence electrons. The number of fused-ring (bicyclic) bond motifs is 1. The number of hydrogen-bond donors (Lipinski definition) is 1. The normalized spacial score (nSPS) is 11.1. The molecule has 0 saturated heterocycles. The van der Waals surface area contributed by atoms with Gasteiger partial charge < -0.3 is 9.94 Å². The first-order valence-electron chi connectivity index (χ1n) is 5.06. The first-order valence-corrected chi connectivity index (χ1v) is 5.06. The van der Waals surface area contributed by atoms with Crippen molar-refractivity contribution < 1.29 is 9.94 Å². The highest BCUT2D eigenvalue weighted by molar-refractivity contribution is 5.88. The molecule has 0 aliphatic heterocycles. The summed E-state index contributed by atoms with van der Waals surface area (Å²) in [4.78, 5) is 0. The van der Waals surface area contributed by atoms with Gasteiger partial charge in [-0.15, -0.1) is 5.16 Å². The van der Waals surface area contributed by atoms with Crippen LogP contribution in [-0.2, 0) is 6.42 Å². The summed E-state index contributed by atoms with van der Waals surface area (Å²) in [6.45, 7) is 0. The fourth-order valence-corrected chi connectivity index (χ4v) is 1.76. The predicted octanol–water partition coefficient (Wildman–Crippen LogP) is 2.85. The third-order valence-corrected chi connectivity index (χ3v) is 2.57.